The van der Waals surface area contributed by atoms with E-state index in [4.69, 9.17) is 4.74 Å². The van der Waals surface area contributed by atoms with Crippen molar-refractivity contribution in [3.05, 3.63) is 95.6 Å². The molecule has 0 aliphatic heterocycles. The first kappa shape index (κ1) is 24.3. The van der Waals surface area contributed by atoms with Crippen LogP contribution in [0.15, 0.2) is 78.9 Å². The Morgan fingerprint density at radius 2 is 1.67 bits per heavy atom. The van der Waals surface area contributed by atoms with E-state index in [0.717, 1.165) is 22.9 Å². The van der Waals surface area contributed by atoms with Crippen LogP contribution in [0.25, 0.3) is 0 Å². The van der Waals surface area contributed by atoms with Crippen LogP contribution in [-0.2, 0) is 14.8 Å². The smallest absolute Gasteiger partial charge is 0.232 e. The van der Waals surface area contributed by atoms with Crippen molar-refractivity contribution in [3.63, 3.8) is 0 Å². The third kappa shape index (κ3) is 6.83. The Balaban J connectivity index is 1.70. The average Bonchev–Trinajstić information content (AvgIpc) is 2.80. The van der Waals surface area contributed by atoms with E-state index >= 15 is 0 Å². The molecule has 0 radical (unpaired) electrons. The molecule has 0 spiro atoms. The molecule has 3 aromatic rings. The van der Waals surface area contributed by atoms with E-state index in [1.807, 2.05) is 55.5 Å². The van der Waals surface area contributed by atoms with Gasteiger partial charge in [0.15, 0.2) is 0 Å². The predicted molar refractivity (Wildman–Crippen MR) is 132 cm³/mol. The zero-order chi connectivity index (χ0) is 23.8. The fourth-order valence-corrected chi connectivity index (χ4v) is 4.68. The monoisotopic (exact) mass is 466 g/mol. The first-order valence-corrected chi connectivity index (χ1v) is 12.7. The fraction of sp³-hybridized carbons (Fsp3) is 0.269. The highest BCUT2D eigenvalue weighted by molar-refractivity contribution is 7.92. The lowest BCUT2D eigenvalue weighted by Crippen LogP contribution is -2.33. The lowest BCUT2D eigenvalue weighted by molar-refractivity contribution is -0.121. The maximum atomic E-state index is 12.9. The van der Waals surface area contributed by atoms with Gasteiger partial charge < -0.3 is 10.1 Å². The van der Waals surface area contributed by atoms with Crippen LogP contribution in [0.4, 0.5) is 5.69 Å². The Morgan fingerprint density at radius 3 is 2.33 bits per heavy atom. The Morgan fingerprint density at radius 1 is 0.970 bits per heavy atom. The standard InChI is InChI=1S/C26H30N2O4S/c1-20-10-7-13-22(18-20)26(21-11-5-4-6-12-21)27-25(29)16-9-17-28(33(3,30)31)23-14-8-15-24(19-23)32-2/h4-8,10-15,18-19,26H,9,16-17H2,1-3H3,(H,27,29). The summed E-state index contributed by atoms with van der Waals surface area (Å²) >= 11 is 0. The number of rotatable bonds is 10. The van der Waals surface area contributed by atoms with E-state index in [1.165, 1.54) is 11.4 Å². The zero-order valence-electron chi connectivity index (χ0n) is 19.2. The molecular weight excluding hydrogens is 436 g/mol. The number of carbonyl (C=O) groups is 1. The highest BCUT2D eigenvalue weighted by Crippen LogP contribution is 2.25. The number of hydrogen-bond acceptors (Lipinski definition) is 4. The molecule has 0 saturated heterocycles. The number of nitrogens with zero attached hydrogens (tertiary/aromatic N) is 1. The zero-order valence-corrected chi connectivity index (χ0v) is 20.0. The van der Waals surface area contributed by atoms with Crippen molar-refractivity contribution < 1.29 is 17.9 Å². The summed E-state index contributed by atoms with van der Waals surface area (Å²) in [7, 11) is -1.98. The van der Waals surface area contributed by atoms with Crippen LogP contribution >= 0.6 is 0 Å². The number of ether oxygens (including phenoxy) is 1. The number of anilines is 1. The Labute approximate surface area is 196 Å². The minimum atomic E-state index is -3.51. The lowest BCUT2D eigenvalue weighted by Gasteiger charge is -2.23. The Bertz CT molecular complexity index is 1180. The van der Waals surface area contributed by atoms with Gasteiger partial charge in [0, 0.05) is 19.0 Å². The summed E-state index contributed by atoms with van der Waals surface area (Å²) in [6, 6.07) is 24.5. The Kier molecular flexibility index (Phi) is 8.11. The lowest BCUT2D eigenvalue weighted by atomic mass is 9.97. The average molecular weight is 467 g/mol. The van der Waals surface area contributed by atoms with Gasteiger partial charge in [0.05, 0.1) is 25.1 Å². The molecule has 0 fully saturated rings. The second-order valence-electron chi connectivity index (χ2n) is 7.97. The van der Waals surface area contributed by atoms with Crippen LogP contribution in [0.2, 0.25) is 0 Å². The van der Waals surface area contributed by atoms with Crippen molar-refractivity contribution in [2.75, 3.05) is 24.2 Å². The van der Waals surface area contributed by atoms with Crippen LogP contribution in [-0.4, -0.2) is 34.2 Å². The molecule has 0 aliphatic carbocycles. The number of benzene rings is 3. The maximum absolute atomic E-state index is 12.9. The molecule has 1 unspecified atom stereocenters. The molecule has 0 bridgehead atoms. The maximum Gasteiger partial charge on any atom is 0.232 e. The molecule has 0 heterocycles. The van der Waals surface area contributed by atoms with Crippen LogP contribution in [0.3, 0.4) is 0 Å². The van der Waals surface area contributed by atoms with Gasteiger partial charge in [-0.3, -0.25) is 9.10 Å². The number of methoxy groups -OCH3 is 1. The highest BCUT2D eigenvalue weighted by atomic mass is 32.2. The van der Waals surface area contributed by atoms with Crippen molar-refractivity contribution >= 4 is 21.6 Å². The van der Waals surface area contributed by atoms with Crippen LogP contribution in [0, 0.1) is 6.92 Å². The quantitative estimate of drug-likeness (QED) is 0.479. The molecule has 0 saturated carbocycles. The third-order valence-corrected chi connectivity index (χ3v) is 6.51. The number of aryl methyl sites for hydroxylation is 1. The summed E-state index contributed by atoms with van der Waals surface area (Å²) in [5.41, 5.74) is 3.62. The summed E-state index contributed by atoms with van der Waals surface area (Å²) < 4.78 is 31.3. The minimum Gasteiger partial charge on any atom is -0.497 e. The molecule has 1 atom stereocenters. The van der Waals surface area contributed by atoms with Crippen molar-refractivity contribution in [2.45, 2.75) is 25.8 Å². The normalized spacial score (nSPS) is 12.1. The van der Waals surface area contributed by atoms with Gasteiger partial charge in [0.1, 0.15) is 5.75 Å². The van der Waals surface area contributed by atoms with Crippen molar-refractivity contribution in [2.24, 2.45) is 0 Å². The topological polar surface area (TPSA) is 75.7 Å². The molecule has 0 aliphatic rings. The van der Waals surface area contributed by atoms with Crippen LogP contribution in [0.1, 0.15) is 35.6 Å². The van der Waals surface area contributed by atoms with E-state index in [1.54, 1.807) is 24.3 Å². The number of nitrogens with one attached hydrogen (secondary N) is 1. The van der Waals surface area contributed by atoms with Gasteiger partial charge in [0.25, 0.3) is 0 Å². The summed E-state index contributed by atoms with van der Waals surface area (Å²) in [5.74, 6) is 0.437. The molecule has 33 heavy (non-hydrogen) atoms. The number of amides is 1. The molecule has 3 aromatic carbocycles. The van der Waals surface area contributed by atoms with E-state index in [2.05, 4.69) is 11.4 Å². The van der Waals surface area contributed by atoms with Crippen molar-refractivity contribution in [1.82, 2.24) is 5.32 Å². The van der Waals surface area contributed by atoms with Crippen molar-refractivity contribution in [1.29, 1.82) is 0 Å². The molecule has 174 valence electrons. The van der Waals surface area contributed by atoms with Gasteiger partial charge in [-0.05, 0) is 36.6 Å². The fourth-order valence-electron chi connectivity index (χ4n) is 3.72. The van der Waals surface area contributed by atoms with Gasteiger partial charge in [-0.2, -0.15) is 0 Å². The minimum absolute atomic E-state index is 0.135. The summed E-state index contributed by atoms with van der Waals surface area (Å²) in [6.07, 6.45) is 1.74. The van der Waals surface area contributed by atoms with Crippen LogP contribution in [0.5, 0.6) is 5.75 Å². The molecule has 6 nitrogen and oxygen atoms in total. The second kappa shape index (κ2) is 11.0. The summed E-state index contributed by atoms with van der Waals surface area (Å²) in [5, 5.41) is 3.12. The molecule has 1 N–H and O–H groups in total. The summed E-state index contributed by atoms with van der Waals surface area (Å²) in [6.45, 7) is 2.21. The molecule has 0 aromatic heterocycles. The predicted octanol–water partition coefficient (Wildman–Crippen LogP) is 4.46. The molecule has 7 heteroatoms. The van der Waals surface area contributed by atoms with Gasteiger partial charge in [-0.25, -0.2) is 8.42 Å². The van der Waals surface area contributed by atoms with Gasteiger partial charge in [-0.1, -0.05) is 66.2 Å². The Hall–Kier alpha value is -3.32. The van der Waals surface area contributed by atoms with Gasteiger partial charge in [0.2, 0.25) is 15.9 Å². The number of carbonyl (C=O) groups excluding carboxylic acids is 1. The number of hydrogen-bond donors (Lipinski definition) is 1. The van der Waals surface area contributed by atoms with Crippen molar-refractivity contribution in [3.8, 4) is 5.75 Å². The highest BCUT2D eigenvalue weighted by Gasteiger charge is 2.20. The van der Waals surface area contributed by atoms with E-state index in [-0.39, 0.29) is 24.9 Å². The van der Waals surface area contributed by atoms with Gasteiger partial charge >= 0.3 is 0 Å². The first-order valence-electron chi connectivity index (χ1n) is 10.8. The SMILES string of the molecule is COc1cccc(N(CCCC(=O)NC(c2ccccc2)c2cccc(C)c2)S(C)(=O)=O)c1. The van der Waals surface area contributed by atoms with Gasteiger partial charge in [-0.15, -0.1) is 0 Å². The van der Waals surface area contributed by atoms with E-state index in [0.29, 0.717) is 17.9 Å². The number of sulfonamides is 1. The molecule has 3 rings (SSSR count). The van der Waals surface area contributed by atoms with E-state index in [9.17, 15) is 13.2 Å². The summed E-state index contributed by atoms with van der Waals surface area (Å²) in [4.78, 5) is 12.9. The largest absolute Gasteiger partial charge is 0.497 e. The third-order valence-electron chi connectivity index (χ3n) is 5.32. The molecular formula is C26H30N2O4S. The van der Waals surface area contributed by atoms with E-state index < -0.39 is 10.0 Å². The second-order valence-corrected chi connectivity index (χ2v) is 9.87. The van der Waals surface area contributed by atoms with Crippen LogP contribution < -0.4 is 14.4 Å². The first-order chi connectivity index (χ1) is 15.8. The molecule has 1 amide bonds.